The zero-order chi connectivity index (χ0) is 86.7. The van der Waals surface area contributed by atoms with Gasteiger partial charge in [-0.2, -0.15) is 0 Å². The van der Waals surface area contributed by atoms with Gasteiger partial charge in [-0.25, -0.2) is 19.9 Å². The van der Waals surface area contributed by atoms with Crippen molar-refractivity contribution >= 4 is 69.4 Å². The Morgan fingerprint density at radius 1 is 0.238 bits per heavy atom. The molecule has 0 saturated carbocycles. The van der Waals surface area contributed by atoms with Gasteiger partial charge in [0.05, 0.1) is 52.7 Å². The van der Waals surface area contributed by atoms with Gasteiger partial charge in [0, 0.05) is 74.8 Å². The highest BCUT2D eigenvalue weighted by Crippen LogP contribution is 2.66. The number of aromatic nitrogens is 5. The molecule has 0 N–H and O–H groups in total. The smallest absolute Gasteiger partial charge is 0.160 e. The van der Waals surface area contributed by atoms with Crippen LogP contribution >= 0.6 is 23.5 Å². The van der Waals surface area contributed by atoms with Crippen molar-refractivity contribution in [1.29, 1.82) is 0 Å². The van der Waals surface area contributed by atoms with Gasteiger partial charge in [-0.05, 0) is 207 Å². The Bertz CT molecular complexity index is 8140. The molecule has 5 nitrogen and oxygen atoms in total. The van der Waals surface area contributed by atoms with E-state index in [1.807, 2.05) is 23.5 Å². The molecular formula is C122H85N5S2Si. The Morgan fingerprint density at radius 2 is 0.585 bits per heavy atom. The molecule has 130 heavy (non-hydrogen) atoms. The van der Waals surface area contributed by atoms with Crippen molar-refractivity contribution in [2.45, 2.75) is 69.3 Å². The summed E-state index contributed by atoms with van der Waals surface area (Å²) < 4.78 is 2.36. The lowest BCUT2D eigenvalue weighted by Crippen LogP contribution is -2.37. The first-order valence-electron chi connectivity index (χ1n) is 45.0. The third kappa shape index (κ3) is 12.1. The van der Waals surface area contributed by atoms with E-state index in [-0.39, 0.29) is 5.41 Å². The Hall–Kier alpha value is -14.9. The molecule has 3 aromatic heterocycles. The Balaban J connectivity index is 0.000000144. The Morgan fingerprint density at radius 3 is 1.08 bits per heavy atom. The third-order valence-electron chi connectivity index (χ3n) is 28.0. The van der Waals surface area contributed by atoms with Crippen LogP contribution in [0.3, 0.4) is 0 Å². The van der Waals surface area contributed by atoms with E-state index in [0.717, 1.165) is 73.1 Å². The fourth-order valence-electron chi connectivity index (χ4n) is 22.0. The molecule has 0 radical (unpaired) electrons. The van der Waals surface area contributed by atoms with Crippen LogP contribution in [-0.2, 0) is 16.2 Å². The highest BCUT2D eigenvalue weighted by atomic mass is 32.2. The molecule has 0 saturated heterocycles. The molecule has 5 aliphatic rings. The summed E-state index contributed by atoms with van der Waals surface area (Å²) in [5, 5.41) is 6.24. The summed E-state index contributed by atoms with van der Waals surface area (Å²) in [6.45, 7) is 11.9. The number of fused-ring (bicyclic) bond motifs is 25. The minimum Gasteiger partial charge on any atom is -0.309 e. The second-order valence-corrected chi connectivity index (χ2v) is 43.8. The van der Waals surface area contributed by atoms with Crippen molar-refractivity contribution in [1.82, 2.24) is 24.5 Å². The van der Waals surface area contributed by atoms with Gasteiger partial charge in [0.25, 0.3) is 0 Å². The monoisotopic (exact) mass is 1710 g/mol. The SMILES string of the molecule is CC1(C)c2cc(-c3cc(-c4ccccc4)nc(-c4cccc(-n5c6ccccc6c6ccccc65)c4)n3)ccc2-c2ccc(-c3cccc4c3-c3ccccc3C43c4ccccc4Sc4ccccc43)cc21.C[Si](C)(C)c1cccc(-c2cc(-c3ccccc3)nc(-c3ccc4cc(-c5cccc6c5-c5ccccc5C65c6ccccc6Sc6ccccc65)ccc4c3)n2)c1. The number of benzene rings is 18. The summed E-state index contributed by atoms with van der Waals surface area (Å²) in [7, 11) is -1.52. The standard InChI is InChI=1S/C68H45N3S.C54H40N2SSi/c1-67(2)57-39-43(47-25-17-29-56-65(47)52-24-6-9-26-53(52)68(56)54-27-10-14-32-63(54)72-64-33-15-11-28-55(64)68)34-36-48(57)49-37-35-44(40-58(49)67)60-41-59(42-18-4-3-5-19-42)69-66(70-60)45-20-16-21-46(38-45)71-61-30-12-7-22-50(61)51-23-8-13-31-62(51)71;1-58(2,3)41-18-13-17-39(33-41)49-34-48(35-15-5-4-6-16-35)55-53(56-49)40-30-28-36-31-38(29-27-37(36)32-40)42-20-14-24-47-52(42)43-19-7-8-21-44(43)54(47)45-22-9-11-25-50(45)57-51-26-12-10-23-46(51)54/h3-41H,1-2H3;4-34H,1-3H3. The molecule has 0 amide bonds. The summed E-state index contributed by atoms with van der Waals surface area (Å²) in [5.74, 6) is 1.43. The molecule has 21 aromatic rings. The quantitative estimate of drug-likeness (QED) is 0.127. The van der Waals surface area contributed by atoms with Crippen molar-refractivity contribution in [2.75, 3.05) is 0 Å². The zero-order valence-electron chi connectivity index (χ0n) is 72.5. The van der Waals surface area contributed by atoms with Crippen LogP contribution in [0.4, 0.5) is 0 Å². The number of nitrogens with zero attached hydrogens (tertiary/aromatic N) is 5. The molecule has 8 heteroatoms. The van der Waals surface area contributed by atoms with E-state index in [0.29, 0.717) is 5.82 Å². The molecule has 26 rings (SSSR count). The van der Waals surface area contributed by atoms with E-state index in [1.54, 1.807) is 0 Å². The first kappa shape index (κ1) is 77.4. The Labute approximate surface area is 766 Å². The van der Waals surface area contributed by atoms with Gasteiger partial charge in [0.1, 0.15) is 0 Å². The lowest BCUT2D eigenvalue weighted by Gasteiger charge is -2.39. The topological polar surface area (TPSA) is 56.5 Å². The summed E-state index contributed by atoms with van der Waals surface area (Å²) >= 11 is 3.78. The van der Waals surface area contributed by atoms with Crippen LogP contribution in [0.25, 0.3) is 162 Å². The maximum absolute atomic E-state index is 5.42. The highest BCUT2D eigenvalue weighted by molar-refractivity contribution is 7.99. The third-order valence-corrected chi connectivity index (χ3v) is 32.3. The van der Waals surface area contributed by atoms with Crippen LogP contribution in [0.15, 0.2) is 444 Å². The summed E-state index contributed by atoms with van der Waals surface area (Å²) in [5.41, 5.74) is 38.6. The van der Waals surface area contributed by atoms with Gasteiger partial charge >= 0.3 is 0 Å². The molecule has 5 heterocycles. The van der Waals surface area contributed by atoms with Gasteiger partial charge in [-0.1, -0.05) is 402 Å². The summed E-state index contributed by atoms with van der Waals surface area (Å²) in [6.07, 6.45) is 0. The predicted octanol–water partition coefficient (Wildman–Crippen LogP) is 31.0. The molecule has 0 fully saturated rings. The number of rotatable bonds is 10. The van der Waals surface area contributed by atoms with E-state index < -0.39 is 18.9 Å². The van der Waals surface area contributed by atoms with Gasteiger partial charge in [0.15, 0.2) is 11.6 Å². The van der Waals surface area contributed by atoms with Gasteiger partial charge in [0.2, 0.25) is 0 Å². The lowest BCUT2D eigenvalue weighted by molar-refractivity contribution is 0.661. The first-order chi connectivity index (χ1) is 63.8. The maximum atomic E-state index is 5.42. The van der Waals surface area contributed by atoms with Crippen molar-refractivity contribution in [3.05, 3.63) is 480 Å². The number of hydrogen-bond donors (Lipinski definition) is 0. The van der Waals surface area contributed by atoms with Crippen LogP contribution < -0.4 is 5.19 Å². The number of para-hydroxylation sites is 2. The van der Waals surface area contributed by atoms with Crippen LogP contribution in [-0.4, -0.2) is 32.6 Å². The Kier molecular flexibility index (Phi) is 17.9. The molecule has 2 aliphatic heterocycles. The van der Waals surface area contributed by atoms with E-state index in [2.05, 4.69) is 463 Å². The van der Waals surface area contributed by atoms with E-state index >= 15 is 0 Å². The fourth-order valence-corrected chi connectivity index (χ4v) is 25.6. The molecule has 3 aliphatic carbocycles. The second-order valence-electron chi connectivity index (χ2n) is 36.6. The molecule has 0 atom stereocenters. The summed E-state index contributed by atoms with van der Waals surface area (Å²) in [6, 6.07) is 156. The average Bonchev–Trinajstić information content (AvgIpc) is 1.51. The van der Waals surface area contributed by atoms with Gasteiger partial charge < -0.3 is 4.57 Å². The largest absolute Gasteiger partial charge is 0.309 e. The normalized spacial score (nSPS) is 13.9. The minimum atomic E-state index is -1.52. The van der Waals surface area contributed by atoms with E-state index in [1.165, 1.54) is 163 Å². The predicted molar refractivity (Wildman–Crippen MR) is 543 cm³/mol. The van der Waals surface area contributed by atoms with Crippen molar-refractivity contribution in [2.24, 2.45) is 0 Å². The first-order valence-corrected chi connectivity index (χ1v) is 50.1. The fraction of sp³-hybridized carbons (Fsp3) is 0.0656. The number of hydrogen-bond acceptors (Lipinski definition) is 6. The molecule has 614 valence electrons. The average molecular weight is 1710 g/mol. The zero-order valence-corrected chi connectivity index (χ0v) is 75.1. The van der Waals surface area contributed by atoms with Gasteiger partial charge in [-0.15, -0.1) is 0 Å². The summed E-state index contributed by atoms with van der Waals surface area (Å²) in [4.78, 5) is 26.4. The van der Waals surface area contributed by atoms with E-state index in [4.69, 9.17) is 19.9 Å². The van der Waals surface area contributed by atoms with Crippen LogP contribution in [0.1, 0.15) is 69.5 Å². The molecule has 18 aromatic carbocycles. The molecule has 2 spiro atoms. The van der Waals surface area contributed by atoms with Crippen LogP contribution in [0, 0.1) is 0 Å². The second kappa shape index (κ2) is 30.1. The van der Waals surface area contributed by atoms with Crippen molar-refractivity contribution in [3.8, 4) is 129 Å². The van der Waals surface area contributed by atoms with Crippen LogP contribution in [0.5, 0.6) is 0 Å². The van der Waals surface area contributed by atoms with Gasteiger partial charge in [-0.3, -0.25) is 0 Å². The van der Waals surface area contributed by atoms with E-state index in [9.17, 15) is 0 Å². The highest BCUT2D eigenvalue weighted by Gasteiger charge is 2.53. The molecule has 0 bridgehead atoms. The lowest BCUT2D eigenvalue weighted by atomic mass is 9.67. The molecular weight excluding hydrogens is 1630 g/mol. The molecule has 0 unspecified atom stereocenters. The van der Waals surface area contributed by atoms with Crippen molar-refractivity contribution in [3.63, 3.8) is 0 Å². The van der Waals surface area contributed by atoms with Crippen LogP contribution in [0.2, 0.25) is 19.6 Å². The minimum absolute atomic E-state index is 0.277. The van der Waals surface area contributed by atoms with Crippen molar-refractivity contribution < 1.29 is 0 Å². The maximum Gasteiger partial charge on any atom is 0.160 e.